The lowest BCUT2D eigenvalue weighted by Crippen LogP contribution is -2.30. The van der Waals surface area contributed by atoms with Crippen LogP contribution in [0.15, 0.2) is 30.3 Å². The number of rotatable bonds is 17. The first-order valence-electron chi connectivity index (χ1n) is 12.2. The van der Waals surface area contributed by atoms with Crippen LogP contribution in [0, 0.1) is 11.3 Å². The van der Waals surface area contributed by atoms with E-state index in [-0.39, 0.29) is 5.97 Å². The summed E-state index contributed by atoms with van der Waals surface area (Å²) in [6.45, 7) is 9.13. The van der Waals surface area contributed by atoms with Crippen LogP contribution in [0.5, 0.6) is 0 Å². The molecule has 1 unspecified atom stereocenters. The van der Waals surface area contributed by atoms with E-state index >= 15 is 0 Å². The molecule has 0 saturated heterocycles. The molecule has 1 rings (SSSR count). The van der Waals surface area contributed by atoms with Gasteiger partial charge in [0.1, 0.15) is 0 Å². The van der Waals surface area contributed by atoms with Crippen molar-refractivity contribution in [1.82, 2.24) is 0 Å². The summed E-state index contributed by atoms with van der Waals surface area (Å²) < 4.78 is 5.85. The van der Waals surface area contributed by atoms with E-state index in [0.29, 0.717) is 12.5 Å². The number of hydrogen-bond acceptors (Lipinski definition) is 2. The highest BCUT2D eigenvalue weighted by Crippen LogP contribution is 2.25. The first kappa shape index (κ1) is 25.7. The quantitative estimate of drug-likeness (QED) is 0.194. The Morgan fingerprint density at radius 3 is 1.93 bits per heavy atom. The largest absolute Gasteiger partial charge is 0.465 e. The summed E-state index contributed by atoms with van der Waals surface area (Å²) in [6.07, 6.45) is 16.2. The monoisotopic (exact) mass is 402 g/mol. The Hall–Kier alpha value is -1.31. The zero-order valence-electron chi connectivity index (χ0n) is 19.7. The highest BCUT2D eigenvalue weighted by atomic mass is 16.5. The molecule has 0 spiro atoms. The second kappa shape index (κ2) is 15.5. The van der Waals surface area contributed by atoms with E-state index in [4.69, 9.17) is 4.74 Å². The third kappa shape index (κ3) is 12.1. The van der Waals surface area contributed by atoms with E-state index in [1.54, 1.807) is 0 Å². The molecule has 0 fully saturated rings. The summed E-state index contributed by atoms with van der Waals surface area (Å²) in [6, 6.07) is 10.3. The highest BCUT2D eigenvalue weighted by Gasteiger charge is 2.30. The molecule has 0 aliphatic carbocycles. The molecule has 0 amide bonds. The standard InChI is InChI=1S/C27H46O2/c1-5-7-9-11-12-15-21-25(20-14-10-8-6-2)23-29-26(28)27(3,4)22-24-18-16-13-17-19-24/h13,16-19,25H,5-12,14-15,20-23H2,1-4H3. The number of carbonyl (C=O) groups excluding carboxylic acids is 1. The Labute approximate surface area is 180 Å². The molecule has 0 aromatic heterocycles. The maximum absolute atomic E-state index is 12.8. The fourth-order valence-corrected chi connectivity index (χ4v) is 3.95. The van der Waals surface area contributed by atoms with Crippen LogP contribution in [0.25, 0.3) is 0 Å². The molecule has 0 N–H and O–H groups in total. The van der Waals surface area contributed by atoms with Crippen LogP contribution in [0.1, 0.15) is 110 Å². The number of esters is 1. The lowest BCUT2D eigenvalue weighted by Gasteiger charge is -2.25. The average molecular weight is 403 g/mol. The molecule has 0 aliphatic rings. The van der Waals surface area contributed by atoms with E-state index in [9.17, 15) is 4.79 Å². The third-order valence-corrected chi connectivity index (χ3v) is 5.92. The molecule has 0 saturated carbocycles. The Morgan fingerprint density at radius 2 is 1.34 bits per heavy atom. The Bertz CT molecular complexity index is 521. The molecule has 2 nitrogen and oxygen atoms in total. The summed E-state index contributed by atoms with van der Waals surface area (Å²) in [4.78, 5) is 12.8. The number of hydrogen-bond donors (Lipinski definition) is 0. The van der Waals surface area contributed by atoms with Crippen molar-refractivity contribution < 1.29 is 9.53 Å². The number of ether oxygens (including phenoxy) is 1. The van der Waals surface area contributed by atoms with Crippen LogP contribution < -0.4 is 0 Å². The van der Waals surface area contributed by atoms with Crippen LogP contribution >= 0.6 is 0 Å². The van der Waals surface area contributed by atoms with Crippen molar-refractivity contribution in [1.29, 1.82) is 0 Å². The van der Waals surface area contributed by atoms with Crippen molar-refractivity contribution in [2.45, 2.75) is 111 Å². The van der Waals surface area contributed by atoms with Crippen LogP contribution in [0.4, 0.5) is 0 Å². The van der Waals surface area contributed by atoms with Crippen LogP contribution in [0.2, 0.25) is 0 Å². The van der Waals surface area contributed by atoms with Gasteiger partial charge in [-0.15, -0.1) is 0 Å². The summed E-state index contributed by atoms with van der Waals surface area (Å²) in [5, 5.41) is 0. The summed E-state index contributed by atoms with van der Waals surface area (Å²) in [5.41, 5.74) is 0.714. The minimum absolute atomic E-state index is 0.0529. The molecular weight excluding hydrogens is 356 g/mol. The van der Waals surface area contributed by atoms with Crippen LogP contribution in [-0.4, -0.2) is 12.6 Å². The van der Waals surface area contributed by atoms with Crippen molar-refractivity contribution in [3.63, 3.8) is 0 Å². The van der Waals surface area contributed by atoms with Gasteiger partial charge in [-0.05, 0) is 44.6 Å². The number of benzene rings is 1. The zero-order valence-corrected chi connectivity index (χ0v) is 19.7. The second-order valence-corrected chi connectivity index (χ2v) is 9.42. The first-order valence-corrected chi connectivity index (χ1v) is 12.2. The molecular formula is C27H46O2. The highest BCUT2D eigenvalue weighted by molar-refractivity contribution is 5.76. The zero-order chi connectivity index (χ0) is 21.4. The fourth-order valence-electron chi connectivity index (χ4n) is 3.95. The van der Waals surface area contributed by atoms with Gasteiger partial charge < -0.3 is 4.74 Å². The van der Waals surface area contributed by atoms with Gasteiger partial charge in [0.05, 0.1) is 12.0 Å². The predicted molar refractivity (Wildman–Crippen MR) is 125 cm³/mol. The van der Waals surface area contributed by atoms with Gasteiger partial charge in [-0.2, -0.15) is 0 Å². The SMILES string of the molecule is CCCCCCCCC(CCCCCC)COC(=O)C(C)(C)Cc1ccccc1. The molecule has 1 atom stereocenters. The van der Waals surface area contributed by atoms with Gasteiger partial charge in [-0.1, -0.05) is 108 Å². The molecule has 0 aliphatic heterocycles. The van der Waals surface area contributed by atoms with Crippen molar-refractivity contribution >= 4 is 5.97 Å². The molecule has 1 aromatic carbocycles. The summed E-state index contributed by atoms with van der Waals surface area (Å²) in [5.74, 6) is 0.470. The summed E-state index contributed by atoms with van der Waals surface area (Å²) >= 11 is 0. The van der Waals surface area contributed by atoms with Gasteiger partial charge in [0.15, 0.2) is 0 Å². The first-order chi connectivity index (χ1) is 14.0. The van der Waals surface area contributed by atoms with Crippen molar-refractivity contribution in [2.75, 3.05) is 6.61 Å². The Morgan fingerprint density at radius 1 is 0.828 bits per heavy atom. The number of unbranched alkanes of at least 4 members (excludes halogenated alkanes) is 8. The van der Waals surface area contributed by atoms with Crippen LogP contribution in [0.3, 0.4) is 0 Å². The molecule has 166 valence electrons. The van der Waals surface area contributed by atoms with E-state index in [1.807, 2.05) is 32.0 Å². The molecule has 29 heavy (non-hydrogen) atoms. The van der Waals surface area contributed by atoms with Crippen LogP contribution in [-0.2, 0) is 16.0 Å². The second-order valence-electron chi connectivity index (χ2n) is 9.42. The molecule has 0 bridgehead atoms. The van der Waals surface area contributed by atoms with Gasteiger partial charge >= 0.3 is 5.97 Å². The van der Waals surface area contributed by atoms with Crippen molar-refractivity contribution in [3.05, 3.63) is 35.9 Å². The lowest BCUT2D eigenvalue weighted by atomic mass is 9.86. The maximum Gasteiger partial charge on any atom is 0.311 e. The van der Waals surface area contributed by atoms with E-state index in [2.05, 4.69) is 26.0 Å². The van der Waals surface area contributed by atoms with Crippen molar-refractivity contribution in [2.24, 2.45) is 11.3 Å². The van der Waals surface area contributed by atoms with Gasteiger partial charge in [-0.25, -0.2) is 0 Å². The van der Waals surface area contributed by atoms with Gasteiger partial charge in [0.25, 0.3) is 0 Å². The average Bonchev–Trinajstić information content (AvgIpc) is 2.71. The lowest BCUT2D eigenvalue weighted by molar-refractivity contribution is -0.155. The minimum atomic E-state index is -0.478. The maximum atomic E-state index is 12.8. The van der Waals surface area contributed by atoms with E-state index < -0.39 is 5.41 Å². The number of carbonyl (C=O) groups is 1. The van der Waals surface area contributed by atoms with Crippen molar-refractivity contribution in [3.8, 4) is 0 Å². The van der Waals surface area contributed by atoms with E-state index in [0.717, 1.165) is 6.42 Å². The molecule has 1 aromatic rings. The fraction of sp³-hybridized carbons (Fsp3) is 0.741. The Kier molecular flexibility index (Phi) is 13.8. The minimum Gasteiger partial charge on any atom is -0.465 e. The third-order valence-electron chi connectivity index (χ3n) is 5.92. The van der Waals surface area contributed by atoms with Gasteiger partial charge in [0.2, 0.25) is 0 Å². The normalized spacial score (nSPS) is 12.7. The Balaban J connectivity index is 2.44. The van der Waals surface area contributed by atoms with Gasteiger partial charge in [-0.3, -0.25) is 4.79 Å². The summed E-state index contributed by atoms with van der Waals surface area (Å²) in [7, 11) is 0. The molecule has 2 heteroatoms. The molecule has 0 heterocycles. The predicted octanol–water partition coefficient (Wildman–Crippen LogP) is 8.14. The topological polar surface area (TPSA) is 26.3 Å². The van der Waals surface area contributed by atoms with Gasteiger partial charge in [0, 0.05) is 0 Å². The molecule has 0 radical (unpaired) electrons. The van der Waals surface area contributed by atoms with E-state index in [1.165, 1.54) is 82.6 Å². The smallest absolute Gasteiger partial charge is 0.311 e.